The van der Waals surface area contributed by atoms with Gasteiger partial charge in [0.2, 0.25) is 0 Å². The summed E-state index contributed by atoms with van der Waals surface area (Å²) in [5.41, 5.74) is 5.44. The van der Waals surface area contributed by atoms with Crippen molar-refractivity contribution < 1.29 is 17.0 Å². The third-order valence-corrected chi connectivity index (χ3v) is 12.7. The van der Waals surface area contributed by atoms with Crippen molar-refractivity contribution >= 4 is 23.2 Å². The summed E-state index contributed by atoms with van der Waals surface area (Å²) >= 11 is 0. The van der Waals surface area contributed by atoms with Crippen LogP contribution in [0.5, 0.6) is 0 Å². The standard InChI is InChI=1S/C40H44P.BrH/c1-2-3-4-5-6-7-11-18-34-25-29-36(30-26-34)37-31-27-35(28-32-37)33-41(38-19-12-8-13-20-38,39-21-14-9-15-22-39)40-23-16-10-17-24-40;/h8-10,12-17,19-32H,2-7,11,18,33H2,1H3;1H/q+1;/p-1. The topological polar surface area (TPSA) is 0 Å². The molecule has 5 aromatic rings. The van der Waals surface area contributed by atoms with Gasteiger partial charge in [0, 0.05) is 0 Å². The molecule has 0 bridgehead atoms. The second kappa shape index (κ2) is 16.6. The lowest BCUT2D eigenvalue weighted by molar-refractivity contribution is -0.00000816. The van der Waals surface area contributed by atoms with E-state index in [0.29, 0.717) is 0 Å². The van der Waals surface area contributed by atoms with Crippen LogP contribution >= 0.6 is 7.26 Å². The Kier molecular flexibility index (Phi) is 12.6. The molecule has 0 aliphatic carbocycles. The Morgan fingerprint density at radius 3 is 1.21 bits per heavy atom. The van der Waals surface area contributed by atoms with Crippen LogP contribution in [-0.2, 0) is 12.6 Å². The zero-order chi connectivity index (χ0) is 28.2. The average Bonchev–Trinajstić information content (AvgIpc) is 3.05. The van der Waals surface area contributed by atoms with Crippen molar-refractivity contribution in [2.75, 3.05) is 0 Å². The van der Waals surface area contributed by atoms with Crippen molar-refractivity contribution in [2.45, 2.75) is 64.5 Å². The van der Waals surface area contributed by atoms with E-state index in [4.69, 9.17) is 0 Å². The molecule has 216 valence electrons. The SMILES string of the molecule is CCCCCCCCCc1ccc(-c2ccc(C[P+](c3ccccc3)(c3ccccc3)c3ccccc3)cc2)cc1.[Br-]. The maximum Gasteiger partial charge on any atom is 0.116 e. The molecule has 0 heterocycles. The Morgan fingerprint density at radius 2 is 0.786 bits per heavy atom. The molecule has 0 atom stereocenters. The van der Waals surface area contributed by atoms with Crippen LogP contribution < -0.4 is 32.9 Å². The van der Waals surface area contributed by atoms with Gasteiger partial charge in [0.1, 0.15) is 23.2 Å². The van der Waals surface area contributed by atoms with Gasteiger partial charge in [-0.3, -0.25) is 0 Å². The highest BCUT2D eigenvalue weighted by Gasteiger charge is 2.45. The van der Waals surface area contributed by atoms with E-state index in [0.717, 1.165) is 6.16 Å². The van der Waals surface area contributed by atoms with Crippen LogP contribution in [-0.4, -0.2) is 0 Å². The summed E-state index contributed by atoms with van der Waals surface area (Å²) < 4.78 is 0. The van der Waals surface area contributed by atoms with E-state index >= 15 is 0 Å². The number of unbranched alkanes of at least 4 members (excludes halogenated alkanes) is 6. The second-order valence-electron chi connectivity index (χ2n) is 11.2. The number of halogens is 1. The highest BCUT2D eigenvalue weighted by molar-refractivity contribution is 7.95. The Morgan fingerprint density at radius 1 is 0.405 bits per heavy atom. The van der Waals surface area contributed by atoms with Crippen LogP contribution in [0.15, 0.2) is 140 Å². The lowest BCUT2D eigenvalue weighted by atomic mass is 10.00. The molecule has 0 amide bonds. The van der Waals surface area contributed by atoms with E-state index in [1.54, 1.807) is 0 Å². The molecule has 0 spiro atoms. The van der Waals surface area contributed by atoms with Gasteiger partial charge < -0.3 is 17.0 Å². The molecule has 0 fully saturated rings. The number of hydrogen-bond donors (Lipinski definition) is 0. The summed E-state index contributed by atoms with van der Waals surface area (Å²) in [5.74, 6) is 0. The second-order valence-corrected chi connectivity index (χ2v) is 14.7. The summed E-state index contributed by atoms with van der Waals surface area (Å²) in [6.45, 7) is 2.29. The fraction of sp³-hybridized carbons (Fsp3) is 0.250. The summed E-state index contributed by atoms with van der Waals surface area (Å²) in [5, 5.41) is 4.29. The maximum absolute atomic E-state index is 2.35. The van der Waals surface area contributed by atoms with Crippen LogP contribution in [0.1, 0.15) is 63.0 Å². The van der Waals surface area contributed by atoms with Gasteiger partial charge in [-0.25, -0.2) is 0 Å². The molecule has 0 unspecified atom stereocenters. The molecule has 0 aromatic heterocycles. The molecular formula is C40H44BrP. The summed E-state index contributed by atoms with van der Waals surface area (Å²) in [6, 6.07) is 52.1. The molecule has 5 aromatic carbocycles. The molecule has 0 radical (unpaired) electrons. The Labute approximate surface area is 265 Å². The molecule has 0 nitrogen and oxygen atoms in total. The quantitative estimate of drug-likeness (QED) is 0.0899. The molecule has 42 heavy (non-hydrogen) atoms. The average molecular weight is 636 g/mol. The van der Waals surface area contributed by atoms with Crippen LogP contribution in [0.3, 0.4) is 0 Å². The highest BCUT2D eigenvalue weighted by Crippen LogP contribution is 2.58. The number of benzene rings is 5. The third kappa shape index (κ3) is 8.09. The van der Waals surface area contributed by atoms with Crippen LogP contribution in [0.2, 0.25) is 0 Å². The minimum absolute atomic E-state index is 0. The predicted octanol–water partition coefficient (Wildman–Crippen LogP) is 7.14. The van der Waals surface area contributed by atoms with E-state index in [9.17, 15) is 0 Å². The van der Waals surface area contributed by atoms with E-state index in [1.165, 1.54) is 89.5 Å². The molecule has 2 heteroatoms. The van der Waals surface area contributed by atoms with Crippen molar-refractivity contribution in [3.63, 3.8) is 0 Å². The zero-order valence-electron chi connectivity index (χ0n) is 25.0. The summed E-state index contributed by atoms with van der Waals surface area (Å²) in [4.78, 5) is 0. The van der Waals surface area contributed by atoms with E-state index in [2.05, 4.69) is 146 Å². The summed E-state index contributed by atoms with van der Waals surface area (Å²) in [6.07, 6.45) is 11.7. The van der Waals surface area contributed by atoms with Gasteiger partial charge in [-0.05, 0) is 71.5 Å². The fourth-order valence-electron chi connectivity index (χ4n) is 6.00. The van der Waals surface area contributed by atoms with Crippen molar-refractivity contribution in [2.24, 2.45) is 0 Å². The number of aryl methyl sites for hydroxylation is 1. The van der Waals surface area contributed by atoms with Crippen LogP contribution in [0, 0.1) is 0 Å². The predicted molar refractivity (Wildman–Crippen MR) is 182 cm³/mol. The van der Waals surface area contributed by atoms with E-state index < -0.39 is 7.26 Å². The number of rotatable bonds is 14. The Hall–Kier alpha value is -2.99. The smallest absolute Gasteiger partial charge is 0.116 e. The van der Waals surface area contributed by atoms with Crippen molar-refractivity contribution in [1.29, 1.82) is 0 Å². The van der Waals surface area contributed by atoms with Crippen molar-refractivity contribution in [3.05, 3.63) is 151 Å². The third-order valence-electron chi connectivity index (χ3n) is 8.32. The highest BCUT2D eigenvalue weighted by atomic mass is 79.9. The first-order valence-corrected chi connectivity index (χ1v) is 17.5. The van der Waals surface area contributed by atoms with Gasteiger partial charge in [-0.1, -0.05) is 149 Å². The van der Waals surface area contributed by atoms with Gasteiger partial charge in [0.05, 0.1) is 6.16 Å². The fourth-order valence-corrected chi connectivity index (χ4v) is 10.2. The first-order valence-electron chi connectivity index (χ1n) is 15.5. The van der Waals surface area contributed by atoms with Gasteiger partial charge in [0.25, 0.3) is 0 Å². The molecular weight excluding hydrogens is 591 g/mol. The first kappa shape index (κ1) is 31.9. The van der Waals surface area contributed by atoms with Crippen molar-refractivity contribution in [1.82, 2.24) is 0 Å². The van der Waals surface area contributed by atoms with E-state index in [1.807, 2.05) is 0 Å². The normalized spacial score (nSPS) is 11.2. The number of hydrogen-bond acceptors (Lipinski definition) is 0. The van der Waals surface area contributed by atoms with Gasteiger partial charge >= 0.3 is 0 Å². The molecule has 5 rings (SSSR count). The molecule has 0 saturated heterocycles. The zero-order valence-corrected chi connectivity index (χ0v) is 27.4. The van der Waals surface area contributed by atoms with Crippen LogP contribution in [0.4, 0.5) is 0 Å². The maximum atomic E-state index is 2.35. The molecule has 0 N–H and O–H groups in total. The van der Waals surface area contributed by atoms with Gasteiger partial charge in [0.15, 0.2) is 0 Å². The lowest BCUT2D eigenvalue weighted by Crippen LogP contribution is -3.00. The minimum Gasteiger partial charge on any atom is -1.00 e. The lowest BCUT2D eigenvalue weighted by Gasteiger charge is -2.28. The molecule has 0 aliphatic heterocycles. The largest absolute Gasteiger partial charge is 1.00 e. The van der Waals surface area contributed by atoms with E-state index in [-0.39, 0.29) is 17.0 Å². The minimum atomic E-state index is -1.89. The molecule has 0 aliphatic rings. The monoisotopic (exact) mass is 634 g/mol. The first-order chi connectivity index (χ1) is 20.3. The Bertz CT molecular complexity index is 1330. The Balaban J connectivity index is 0.00000405. The van der Waals surface area contributed by atoms with Crippen molar-refractivity contribution in [3.8, 4) is 11.1 Å². The van der Waals surface area contributed by atoms with Gasteiger partial charge in [-0.15, -0.1) is 0 Å². The van der Waals surface area contributed by atoms with Crippen LogP contribution in [0.25, 0.3) is 11.1 Å². The van der Waals surface area contributed by atoms with Gasteiger partial charge in [-0.2, -0.15) is 0 Å². The summed E-state index contributed by atoms with van der Waals surface area (Å²) in [7, 11) is -1.89. The molecule has 0 saturated carbocycles.